The number of nitrogens with one attached hydrogen (secondary N) is 2. The van der Waals surface area contributed by atoms with Crippen LogP contribution in [0, 0.1) is 17.8 Å². The summed E-state index contributed by atoms with van der Waals surface area (Å²) in [5.74, 6) is 0.137. The van der Waals surface area contributed by atoms with Crippen molar-refractivity contribution in [1.82, 2.24) is 15.8 Å². The highest BCUT2D eigenvalue weighted by Crippen LogP contribution is 2.24. The standard InChI is InChI=1S/C19H33N3O4/c1-12(2)10-15(20-17(24)14-8-6-5-7-9-14)16(23)18-21-22(11-13(3)4)19(25)26-18/h12-15,18,21H,5-11H2,1-4H3,(H,20,24). The highest BCUT2D eigenvalue weighted by molar-refractivity contribution is 5.94. The molecule has 2 aliphatic rings. The topological polar surface area (TPSA) is 87.7 Å². The number of carbonyl (C=O) groups excluding carboxylic acids is 3. The van der Waals surface area contributed by atoms with Gasteiger partial charge in [0.2, 0.25) is 17.9 Å². The van der Waals surface area contributed by atoms with Crippen LogP contribution >= 0.6 is 0 Å². The van der Waals surface area contributed by atoms with Gasteiger partial charge in [-0.3, -0.25) is 9.59 Å². The number of nitrogens with zero attached hydrogens (tertiary/aromatic N) is 1. The van der Waals surface area contributed by atoms with E-state index in [1.54, 1.807) is 0 Å². The second kappa shape index (κ2) is 9.35. The summed E-state index contributed by atoms with van der Waals surface area (Å²) >= 11 is 0. The Morgan fingerprint density at radius 3 is 2.38 bits per heavy atom. The monoisotopic (exact) mass is 367 g/mol. The minimum absolute atomic E-state index is 0.0114. The van der Waals surface area contributed by atoms with Gasteiger partial charge in [-0.2, -0.15) is 5.43 Å². The maximum absolute atomic E-state index is 12.9. The zero-order valence-corrected chi connectivity index (χ0v) is 16.4. The normalized spacial score (nSPS) is 22.6. The van der Waals surface area contributed by atoms with Crippen molar-refractivity contribution in [2.75, 3.05) is 6.54 Å². The molecule has 26 heavy (non-hydrogen) atoms. The molecule has 1 aliphatic carbocycles. The zero-order valence-electron chi connectivity index (χ0n) is 16.4. The minimum Gasteiger partial charge on any atom is -0.420 e. The molecule has 148 valence electrons. The Kier molecular flexibility index (Phi) is 7.43. The van der Waals surface area contributed by atoms with E-state index in [0.717, 1.165) is 25.7 Å². The van der Waals surface area contributed by atoms with Crippen molar-refractivity contribution in [3.8, 4) is 0 Å². The van der Waals surface area contributed by atoms with Gasteiger partial charge in [-0.1, -0.05) is 47.0 Å². The van der Waals surface area contributed by atoms with Crippen LogP contribution in [0.3, 0.4) is 0 Å². The van der Waals surface area contributed by atoms with Crippen LogP contribution in [0.25, 0.3) is 0 Å². The summed E-state index contributed by atoms with van der Waals surface area (Å²) in [6.45, 7) is 8.44. The molecule has 2 rings (SSSR count). The summed E-state index contributed by atoms with van der Waals surface area (Å²) in [4.78, 5) is 37.4. The summed E-state index contributed by atoms with van der Waals surface area (Å²) in [6.07, 6.45) is 4.01. The van der Waals surface area contributed by atoms with Gasteiger partial charge < -0.3 is 10.1 Å². The van der Waals surface area contributed by atoms with Crippen LogP contribution in [0.2, 0.25) is 0 Å². The first-order chi connectivity index (χ1) is 12.3. The van der Waals surface area contributed by atoms with E-state index in [1.807, 2.05) is 27.7 Å². The molecule has 0 spiro atoms. The molecular formula is C19H33N3O4. The molecule has 0 radical (unpaired) electrons. The first-order valence-corrected chi connectivity index (χ1v) is 9.86. The fourth-order valence-electron chi connectivity index (χ4n) is 3.55. The number of cyclic esters (lactones) is 1. The van der Waals surface area contributed by atoms with Gasteiger partial charge >= 0.3 is 6.09 Å². The summed E-state index contributed by atoms with van der Waals surface area (Å²) in [7, 11) is 0. The van der Waals surface area contributed by atoms with Gasteiger partial charge in [0.25, 0.3) is 0 Å². The molecule has 7 nitrogen and oxygen atoms in total. The number of ether oxygens (including phenoxy) is 1. The molecule has 0 aromatic rings. The Hall–Kier alpha value is -1.63. The van der Waals surface area contributed by atoms with Gasteiger partial charge in [-0.05, 0) is 31.1 Å². The van der Waals surface area contributed by atoms with E-state index in [0.29, 0.717) is 13.0 Å². The van der Waals surface area contributed by atoms with Crippen LogP contribution in [-0.2, 0) is 14.3 Å². The fraction of sp³-hybridized carbons (Fsp3) is 0.842. The first-order valence-electron chi connectivity index (χ1n) is 9.86. The molecule has 7 heteroatoms. The fourth-order valence-corrected chi connectivity index (χ4v) is 3.55. The molecule has 1 aliphatic heterocycles. The summed E-state index contributed by atoms with van der Waals surface area (Å²) in [5, 5.41) is 4.26. The van der Waals surface area contributed by atoms with E-state index in [9.17, 15) is 14.4 Å². The average Bonchev–Trinajstić information content (AvgIpc) is 2.94. The molecule has 2 atom stereocenters. The van der Waals surface area contributed by atoms with Crippen LogP contribution in [0.5, 0.6) is 0 Å². The average molecular weight is 367 g/mol. The third-order valence-corrected chi connectivity index (χ3v) is 4.86. The van der Waals surface area contributed by atoms with Crippen LogP contribution in [0.15, 0.2) is 0 Å². The van der Waals surface area contributed by atoms with Crippen molar-refractivity contribution in [1.29, 1.82) is 0 Å². The lowest BCUT2D eigenvalue weighted by molar-refractivity contribution is -0.135. The largest absolute Gasteiger partial charge is 0.426 e. The van der Waals surface area contributed by atoms with Gasteiger partial charge in [0.05, 0.1) is 6.04 Å². The number of hydrazine groups is 1. The molecule has 0 aromatic carbocycles. The molecule has 2 unspecified atom stereocenters. The lowest BCUT2D eigenvalue weighted by Gasteiger charge is -2.26. The van der Waals surface area contributed by atoms with Gasteiger partial charge in [-0.25, -0.2) is 9.80 Å². The van der Waals surface area contributed by atoms with Crippen LogP contribution < -0.4 is 10.7 Å². The van der Waals surface area contributed by atoms with E-state index < -0.39 is 18.4 Å². The van der Waals surface area contributed by atoms with Crippen LogP contribution in [0.4, 0.5) is 4.79 Å². The number of hydrogen-bond donors (Lipinski definition) is 2. The van der Waals surface area contributed by atoms with Gasteiger partial charge in [0.1, 0.15) is 0 Å². The van der Waals surface area contributed by atoms with Crippen molar-refractivity contribution in [3.63, 3.8) is 0 Å². The number of hydrogen-bond acceptors (Lipinski definition) is 5. The maximum atomic E-state index is 12.9. The molecule has 2 amide bonds. The smallest absolute Gasteiger partial charge is 0.420 e. The van der Waals surface area contributed by atoms with Crippen molar-refractivity contribution >= 4 is 17.8 Å². The number of rotatable bonds is 8. The molecule has 0 aromatic heterocycles. The number of carbonyl (C=O) groups is 3. The van der Waals surface area contributed by atoms with E-state index in [1.165, 1.54) is 11.4 Å². The molecule has 1 heterocycles. The second-order valence-electron chi connectivity index (χ2n) is 8.33. The second-order valence-corrected chi connectivity index (χ2v) is 8.33. The Morgan fingerprint density at radius 1 is 1.15 bits per heavy atom. The molecule has 2 N–H and O–H groups in total. The number of ketones is 1. The Balaban J connectivity index is 2.00. The predicted molar refractivity (Wildman–Crippen MR) is 97.9 cm³/mol. The lowest BCUT2D eigenvalue weighted by Crippen LogP contribution is -2.52. The highest BCUT2D eigenvalue weighted by Gasteiger charge is 2.40. The van der Waals surface area contributed by atoms with Gasteiger partial charge in [0.15, 0.2) is 0 Å². The maximum Gasteiger partial charge on any atom is 0.426 e. The Bertz CT molecular complexity index is 515. The van der Waals surface area contributed by atoms with Crippen molar-refractivity contribution in [3.05, 3.63) is 0 Å². The third kappa shape index (κ3) is 5.69. The molecule has 0 bridgehead atoms. The van der Waals surface area contributed by atoms with E-state index in [4.69, 9.17) is 4.74 Å². The molecule has 1 saturated heterocycles. The summed E-state index contributed by atoms with van der Waals surface area (Å²) < 4.78 is 5.20. The van der Waals surface area contributed by atoms with E-state index in [-0.39, 0.29) is 29.4 Å². The van der Waals surface area contributed by atoms with Crippen LogP contribution in [0.1, 0.15) is 66.2 Å². The van der Waals surface area contributed by atoms with Crippen molar-refractivity contribution < 1.29 is 19.1 Å². The predicted octanol–water partition coefficient (Wildman–Crippen LogP) is 2.61. The van der Waals surface area contributed by atoms with Gasteiger partial charge in [0, 0.05) is 12.5 Å². The third-order valence-electron chi connectivity index (χ3n) is 4.86. The van der Waals surface area contributed by atoms with Crippen molar-refractivity contribution in [2.24, 2.45) is 17.8 Å². The van der Waals surface area contributed by atoms with Gasteiger partial charge in [-0.15, -0.1) is 0 Å². The summed E-state index contributed by atoms with van der Waals surface area (Å²) in [5.41, 5.74) is 2.84. The lowest BCUT2D eigenvalue weighted by atomic mass is 9.88. The molecule has 1 saturated carbocycles. The van der Waals surface area contributed by atoms with Crippen LogP contribution in [-0.4, -0.2) is 41.6 Å². The number of amides is 2. The van der Waals surface area contributed by atoms with E-state index >= 15 is 0 Å². The Morgan fingerprint density at radius 2 is 1.81 bits per heavy atom. The quantitative estimate of drug-likeness (QED) is 0.688. The summed E-state index contributed by atoms with van der Waals surface area (Å²) in [6, 6.07) is -0.645. The van der Waals surface area contributed by atoms with Crippen molar-refractivity contribution in [2.45, 2.75) is 78.5 Å². The Labute approximate surface area is 156 Å². The minimum atomic E-state index is -1.03. The van der Waals surface area contributed by atoms with E-state index in [2.05, 4.69) is 10.7 Å². The highest BCUT2D eigenvalue weighted by atomic mass is 16.6. The number of Topliss-reactive ketones (excluding diaryl/α,β-unsaturated/α-hetero) is 1. The first kappa shape index (κ1) is 20.7. The molecular weight excluding hydrogens is 334 g/mol. The molecule has 2 fully saturated rings. The zero-order chi connectivity index (χ0) is 19.3. The SMILES string of the molecule is CC(C)CC(NC(=O)C1CCCCC1)C(=O)C1NN(CC(C)C)C(=O)O1.